The summed E-state index contributed by atoms with van der Waals surface area (Å²) in [5.41, 5.74) is 5.94. The number of aliphatic hydroxyl groups is 1. The third kappa shape index (κ3) is 4.69. The van der Waals surface area contributed by atoms with Crippen molar-refractivity contribution in [3.63, 3.8) is 0 Å². The summed E-state index contributed by atoms with van der Waals surface area (Å²) in [4.78, 5) is 17.3. The Balaban J connectivity index is 1.19. The van der Waals surface area contributed by atoms with E-state index in [1.165, 1.54) is 16.7 Å². The third-order valence-electron chi connectivity index (χ3n) is 7.00. The summed E-state index contributed by atoms with van der Waals surface area (Å²) in [6.45, 7) is 5.19. The maximum absolute atomic E-state index is 13.2. The molecular formula is C26H32N2O3. The van der Waals surface area contributed by atoms with Crippen molar-refractivity contribution in [1.29, 1.82) is 0 Å². The van der Waals surface area contributed by atoms with Crippen LogP contribution in [0.25, 0.3) is 0 Å². The van der Waals surface area contributed by atoms with Crippen LogP contribution in [0.5, 0.6) is 0 Å². The average molecular weight is 421 g/mol. The molecule has 0 bridgehead atoms. The Morgan fingerprint density at radius 2 is 1.87 bits per heavy atom. The van der Waals surface area contributed by atoms with Crippen molar-refractivity contribution in [1.82, 2.24) is 9.80 Å². The van der Waals surface area contributed by atoms with Gasteiger partial charge in [-0.3, -0.25) is 9.69 Å². The van der Waals surface area contributed by atoms with Gasteiger partial charge in [-0.25, -0.2) is 0 Å². The summed E-state index contributed by atoms with van der Waals surface area (Å²) >= 11 is 0. The molecule has 31 heavy (non-hydrogen) atoms. The summed E-state index contributed by atoms with van der Waals surface area (Å²) in [6.07, 6.45) is 3.42. The van der Waals surface area contributed by atoms with Gasteiger partial charge in [0.05, 0.1) is 6.10 Å². The molecule has 1 N–H and O–H groups in total. The summed E-state index contributed by atoms with van der Waals surface area (Å²) in [5, 5.41) is 10.8. The molecule has 2 aromatic rings. The zero-order valence-corrected chi connectivity index (χ0v) is 18.1. The first kappa shape index (κ1) is 20.7. The highest BCUT2D eigenvalue weighted by atomic mass is 16.5. The molecule has 5 rings (SSSR count). The zero-order valence-electron chi connectivity index (χ0n) is 18.1. The predicted octanol–water partition coefficient (Wildman–Crippen LogP) is 2.68. The van der Waals surface area contributed by atoms with Crippen LogP contribution in [0.4, 0.5) is 0 Å². The van der Waals surface area contributed by atoms with E-state index in [4.69, 9.17) is 4.74 Å². The smallest absolute Gasteiger partial charge is 0.254 e. The maximum atomic E-state index is 13.2. The van der Waals surface area contributed by atoms with Crippen molar-refractivity contribution in [2.24, 2.45) is 5.92 Å². The molecule has 1 amide bonds. The monoisotopic (exact) mass is 420 g/mol. The highest BCUT2D eigenvalue weighted by Crippen LogP contribution is 2.25. The number of carbonyl (C=O) groups excluding carboxylic acids is 1. The van der Waals surface area contributed by atoms with Crippen molar-refractivity contribution >= 4 is 5.91 Å². The number of carbonyl (C=O) groups is 1. The van der Waals surface area contributed by atoms with Gasteiger partial charge in [-0.1, -0.05) is 36.4 Å². The summed E-state index contributed by atoms with van der Waals surface area (Å²) < 4.78 is 5.50. The van der Waals surface area contributed by atoms with Crippen molar-refractivity contribution in [3.8, 4) is 0 Å². The molecule has 0 aliphatic carbocycles. The lowest BCUT2D eigenvalue weighted by atomic mass is 9.92. The van der Waals surface area contributed by atoms with Crippen molar-refractivity contribution < 1.29 is 14.6 Å². The molecule has 0 aromatic heterocycles. The fraction of sp³-hybridized carbons (Fsp3) is 0.500. The molecule has 164 valence electrons. The van der Waals surface area contributed by atoms with Crippen LogP contribution in [0.1, 0.15) is 39.0 Å². The highest BCUT2D eigenvalue weighted by molar-refractivity contribution is 5.97. The lowest BCUT2D eigenvalue weighted by Crippen LogP contribution is -2.46. The number of aliphatic hydroxyl groups excluding tert-OH is 1. The number of hydrogen-bond donors (Lipinski definition) is 1. The van der Waals surface area contributed by atoms with E-state index in [1.807, 2.05) is 4.90 Å². The molecule has 0 saturated carbocycles. The van der Waals surface area contributed by atoms with Gasteiger partial charge >= 0.3 is 0 Å². The molecule has 2 atom stereocenters. The van der Waals surface area contributed by atoms with E-state index in [-0.39, 0.29) is 5.91 Å². The molecule has 1 fully saturated rings. The largest absolute Gasteiger partial charge is 0.390 e. The summed E-state index contributed by atoms with van der Waals surface area (Å²) in [5.74, 6) is 0.623. The van der Waals surface area contributed by atoms with Gasteiger partial charge in [0.15, 0.2) is 0 Å². The Hall–Kier alpha value is -2.21. The van der Waals surface area contributed by atoms with E-state index >= 15 is 0 Å². The molecule has 3 aliphatic heterocycles. The first-order valence-corrected chi connectivity index (χ1v) is 11.6. The number of hydrogen-bond acceptors (Lipinski definition) is 4. The first-order valence-electron chi connectivity index (χ1n) is 11.6. The van der Waals surface area contributed by atoms with Gasteiger partial charge in [0.25, 0.3) is 5.91 Å². The van der Waals surface area contributed by atoms with E-state index in [0.717, 1.165) is 63.1 Å². The molecule has 2 aromatic carbocycles. The van der Waals surface area contributed by atoms with Crippen LogP contribution < -0.4 is 0 Å². The number of ether oxygens (including phenoxy) is 1. The normalized spacial score (nSPS) is 22.3. The van der Waals surface area contributed by atoms with E-state index in [2.05, 4.69) is 47.4 Å². The Morgan fingerprint density at radius 1 is 1.03 bits per heavy atom. The van der Waals surface area contributed by atoms with Gasteiger partial charge in [0, 0.05) is 51.5 Å². The molecule has 5 nitrogen and oxygen atoms in total. The highest BCUT2D eigenvalue weighted by Gasteiger charge is 2.28. The standard InChI is InChI=1S/C26H32N2O3/c29-24(16-27-10-7-21-3-1-2-4-23(21)15-27)17-28-11-8-22-6-5-19(14-25(22)26(28)30)13-20-9-12-31-18-20/h1-6,14,20,24,29H,7-13,15-18H2/t20-,24+/m1/s1. The van der Waals surface area contributed by atoms with E-state index < -0.39 is 6.10 Å². The molecular weight excluding hydrogens is 388 g/mol. The van der Waals surface area contributed by atoms with Gasteiger partial charge in [-0.15, -0.1) is 0 Å². The first-order chi connectivity index (χ1) is 15.2. The predicted molar refractivity (Wildman–Crippen MR) is 120 cm³/mol. The fourth-order valence-corrected chi connectivity index (χ4v) is 5.27. The number of benzene rings is 2. The SMILES string of the molecule is O=C1c2cc(C[C@H]3CCOC3)ccc2CCN1C[C@@H](O)CN1CCc2ccccc2C1. The molecule has 3 aliphatic rings. The minimum Gasteiger partial charge on any atom is -0.390 e. The average Bonchev–Trinajstić information content (AvgIpc) is 3.29. The van der Waals surface area contributed by atoms with Crippen LogP contribution in [0, 0.1) is 5.92 Å². The van der Waals surface area contributed by atoms with E-state index in [1.54, 1.807) is 0 Å². The second-order valence-electron chi connectivity index (χ2n) is 9.33. The van der Waals surface area contributed by atoms with Crippen molar-refractivity contribution in [2.75, 3.05) is 39.4 Å². The van der Waals surface area contributed by atoms with Crippen LogP contribution in [-0.4, -0.2) is 66.3 Å². The number of β-amino-alcohol motifs (C(OH)–C–C–N with tert-alkyl or cyclic N) is 1. The van der Waals surface area contributed by atoms with Crippen molar-refractivity contribution in [2.45, 2.75) is 38.3 Å². The van der Waals surface area contributed by atoms with Crippen LogP contribution in [0.3, 0.4) is 0 Å². The molecule has 0 spiro atoms. The lowest BCUT2D eigenvalue weighted by molar-refractivity contribution is 0.0492. The minimum atomic E-state index is -0.533. The number of amides is 1. The van der Waals surface area contributed by atoms with Gasteiger partial charge < -0.3 is 14.7 Å². The molecule has 0 radical (unpaired) electrons. The van der Waals surface area contributed by atoms with Crippen LogP contribution in [0.15, 0.2) is 42.5 Å². The third-order valence-corrected chi connectivity index (χ3v) is 7.00. The summed E-state index contributed by atoms with van der Waals surface area (Å²) in [6, 6.07) is 14.9. The van der Waals surface area contributed by atoms with Crippen LogP contribution in [-0.2, 0) is 30.5 Å². The second kappa shape index (κ2) is 9.11. The summed E-state index contributed by atoms with van der Waals surface area (Å²) in [7, 11) is 0. The Morgan fingerprint density at radius 3 is 2.71 bits per heavy atom. The minimum absolute atomic E-state index is 0.0637. The molecule has 3 heterocycles. The van der Waals surface area contributed by atoms with Gasteiger partial charge in [0.2, 0.25) is 0 Å². The number of nitrogens with zero attached hydrogens (tertiary/aromatic N) is 2. The molecule has 0 unspecified atom stereocenters. The van der Waals surface area contributed by atoms with Gasteiger partial charge in [-0.2, -0.15) is 0 Å². The quantitative estimate of drug-likeness (QED) is 0.781. The van der Waals surface area contributed by atoms with E-state index in [0.29, 0.717) is 25.6 Å². The topological polar surface area (TPSA) is 53.0 Å². The number of fused-ring (bicyclic) bond motifs is 2. The lowest BCUT2D eigenvalue weighted by Gasteiger charge is -2.34. The Labute approximate surface area is 184 Å². The second-order valence-corrected chi connectivity index (χ2v) is 9.33. The zero-order chi connectivity index (χ0) is 21.2. The van der Waals surface area contributed by atoms with Gasteiger partial charge in [-0.05, 0) is 59.9 Å². The van der Waals surface area contributed by atoms with Crippen molar-refractivity contribution in [3.05, 3.63) is 70.3 Å². The van der Waals surface area contributed by atoms with Crippen LogP contribution >= 0.6 is 0 Å². The Kier molecular flexibility index (Phi) is 6.08. The van der Waals surface area contributed by atoms with E-state index in [9.17, 15) is 9.90 Å². The Bertz CT molecular complexity index is 938. The van der Waals surface area contributed by atoms with Crippen LogP contribution in [0.2, 0.25) is 0 Å². The fourth-order valence-electron chi connectivity index (χ4n) is 5.27. The number of rotatable bonds is 6. The maximum Gasteiger partial charge on any atom is 0.254 e. The van der Waals surface area contributed by atoms with Gasteiger partial charge in [0.1, 0.15) is 0 Å². The molecule has 5 heteroatoms. The molecule has 1 saturated heterocycles.